The van der Waals surface area contributed by atoms with Crippen molar-refractivity contribution in [3.05, 3.63) is 12.2 Å². The molecule has 0 N–H and O–H groups in total. The largest absolute Gasteiger partial charge is 0.282 e. The van der Waals surface area contributed by atoms with E-state index in [2.05, 4.69) is 0 Å². The summed E-state index contributed by atoms with van der Waals surface area (Å²) >= 11 is 0. The molecule has 0 saturated carbocycles. The van der Waals surface area contributed by atoms with Crippen molar-refractivity contribution < 1.29 is 9.59 Å². The zero-order valence-electron chi connectivity index (χ0n) is 8.66. The van der Waals surface area contributed by atoms with Crippen molar-refractivity contribution in [2.75, 3.05) is 6.54 Å². The Morgan fingerprint density at radius 2 is 2.21 bits per heavy atom. The van der Waals surface area contributed by atoms with E-state index in [-0.39, 0.29) is 11.8 Å². The fourth-order valence-electron chi connectivity index (χ4n) is 1.58. The topological polar surface area (TPSA) is 37.4 Å². The lowest BCUT2D eigenvalue weighted by Gasteiger charge is -2.17. The molecule has 78 valence electrons. The number of imide groups is 1. The monoisotopic (exact) mass is 195 g/mol. The van der Waals surface area contributed by atoms with Gasteiger partial charge in [-0.25, -0.2) is 0 Å². The first-order valence-electron chi connectivity index (χ1n) is 5.20. The lowest BCUT2D eigenvalue weighted by Crippen LogP contribution is -2.35. The number of amides is 2. The zero-order chi connectivity index (χ0) is 10.4. The predicted octanol–water partition coefficient (Wildman–Crippen LogP) is 1.88. The molecular formula is C11H17NO2. The molecule has 1 fully saturated rings. The molecule has 0 radical (unpaired) electrons. The average Bonchev–Trinajstić information content (AvgIpc) is 2.39. The molecule has 1 saturated heterocycles. The van der Waals surface area contributed by atoms with Gasteiger partial charge in [-0.15, -0.1) is 0 Å². The summed E-state index contributed by atoms with van der Waals surface area (Å²) in [5, 5.41) is 0. The quantitative estimate of drug-likeness (QED) is 0.631. The summed E-state index contributed by atoms with van der Waals surface area (Å²) in [5.41, 5.74) is 0. The number of carbonyl (C=O) groups is 2. The van der Waals surface area contributed by atoms with Crippen molar-refractivity contribution in [1.29, 1.82) is 0 Å². The van der Waals surface area contributed by atoms with Crippen molar-refractivity contribution >= 4 is 11.8 Å². The first-order chi connectivity index (χ1) is 6.75. The standard InChI is InChI=1S/C11H17NO2/c1-2-3-7-10(13)12-9-6-4-5-8-11(12)14/h2-3H,4-9H2,1H3/b3-2+. The summed E-state index contributed by atoms with van der Waals surface area (Å²) in [6.45, 7) is 2.48. The van der Waals surface area contributed by atoms with E-state index in [1.165, 1.54) is 4.90 Å². The number of allylic oxidation sites excluding steroid dienone is 1. The average molecular weight is 195 g/mol. The minimum absolute atomic E-state index is 0.00277. The molecule has 3 nitrogen and oxygen atoms in total. The molecule has 0 aromatic rings. The molecule has 1 heterocycles. The second kappa shape index (κ2) is 5.58. The van der Waals surface area contributed by atoms with E-state index in [0.717, 1.165) is 19.3 Å². The van der Waals surface area contributed by atoms with Crippen molar-refractivity contribution in [2.24, 2.45) is 0 Å². The van der Waals surface area contributed by atoms with Gasteiger partial charge in [0.2, 0.25) is 11.8 Å². The van der Waals surface area contributed by atoms with Gasteiger partial charge < -0.3 is 0 Å². The lowest BCUT2D eigenvalue weighted by molar-refractivity contribution is -0.143. The van der Waals surface area contributed by atoms with Crippen LogP contribution in [0.1, 0.15) is 39.0 Å². The molecule has 1 aliphatic heterocycles. The number of hydrogen-bond donors (Lipinski definition) is 0. The van der Waals surface area contributed by atoms with Crippen molar-refractivity contribution in [3.8, 4) is 0 Å². The second-order valence-electron chi connectivity index (χ2n) is 3.52. The summed E-state index contributed by atoms with van der Waals surface area (Å²) < 4.78 is 0. The van der Waals surface area contributed by atoms with Crippen LogP contribution in [0.15, 0.2) is 12.2 Å². The van der Waals surface area contributed by atoms with Gasteiger partial charge in [0.15, 0.2) is 0 Å². The molecular weight excluding hydrogens is 178 g/mol. The first kappa shape index (κ1) is 11.0. The Balaban J connectivity index is 2.54. The molecule has 0 aliphatic carbocycles. The van der Waals surface area contributed by atoms with Crippen LogP contribution in [0.3, 0.4) is 0 Å². The minimum Gasteiger partial charge on any atom is -0.282 e. The van der Waals surface area contributed by atoms with Crippen molar-refractivity contribution in [3.63, 3.8) is 0 Å². The van der Waals surface area contributed by atoms with Gasteiger partial charge >= 0.3 is 0 Å². The summed E-state index contributed by atoms with van der Waals surface area (Å²) in [5.74, 6) is -0.0630. The molecule has 0 aromatic heterocycles. The van der Waals surface area contributed by atoms with Crippen LogP contribution in [0.2, 0.25) is 0 Å². The zero-order valence-corrected chi connectivity index (χ0v) is 8.66. The molecule has 3 heteroatoms. The van der Waals surface area contributed by atoms with Gasteiger partial charge in [-0.3, -0.25) is 14.5 Å². The number of likely N-dealkylation sites (tertiary alicyclic amines) is 1. The van der Waals surface area contributed by atoms with Crippen LogP contribution in [-0.4, -0.2) is 23.3 Å². The summed E-state index contributed by atoms with van der Waals surface area (Å²) in [6.07, 6.45) is 7.43. The Kier molecular flexibility index (Phi) is 4.36. The van der Waals surface area contributed by atoms with Gasteiger partial charge in [-0.05, 0) is 19.8 Å². The smallest absolute Gasteiger partial charge is 0.232 e. The number of rotatable bonds is 2. The Morgan fingerprint density at radius 1 is 1.43 bits per heavy atom. The van der Waals surface area contributed by atoms with Gasteiger partial charge in [-0.1, -0.05) is 18.6 Å². The fraction of sp³-hybridized carbons (Fsp3) is 0.636. The van der Waals surface area contributed by atoms with Crippen LogP contribution in [0.25, 0.3) is 0 Å². The van der Waals surface area contributed by atoms with E-state index < -0.39 is 0 Å². The Labute approximate surface area is 84.8 Å². The van der Waals surface area contributed by atoms with Crippen LogP contribution < -0.4 is 0 Å². The Morgan fingerprint density at radius 3 is 2.93 bits per heavy atom. The van der Waals surface area contributed by atoms with Gasteiger partial charge in [-0.2, -0.15) is 0 Å². The maximum absolute atomic E-state index is 11.6. The van der Waals surface area contributed by atoms with E-state index in [0.29, 0.717) is 19.4 Å². The molecule has 1 rings (SSSR count). The molecule has 2 amide bonds. The fourth-order valence-corrected chi connectivity index (χ4v) is 1.58. The van der Waals surface area contributed by atoms with Crippen molar-refractivity contribution in [1.82, 2.24) is 4.90 Å². The molecule has 0 spiro atoms. The van der Waals surface area contributed by atoms with Crippen LogP contribution in [0.5, 0.6) is 0 Å². The highest BCUT2D eigenvalue weighted by Gasteiger charge is 2.21. The third-order valence-corrected chi connectivity index (χ3v) is 2.40. The third-order valence-electron chi connectivity index (χ3n) is 2.40. The number of nitrogens with zero attached hydrogens (tertiary/aromatic N) is 1. The molecule has 0 bridgehead atoms. The Hall–Kier alpha value is -1.12. The first-order valence-corrected chi connectivity index (χ1v) is 5.20. The summed E-state index contributed by atoms with van der Waals surface area (Å²) in [6, 6.07) is 0. The normalized spacial score (nSPS) is 18.6. The lowest BCUT2D eigenvalue weighted by atomic mass is 10.2. The minimum atomic E-state index is -0.0602. The highest BCUT2D eigenvalue weighted by molar-refractivity contribution is 5.95. The highest BCUT2D eigenvalue weighted by atomic mass is 16.2. The number of hydrogen-bond acceptors (Lipinski definition) is 2. The van der Waals surface area contributed by atoms with Crippen molar-refractivity contribution in [2.45, 2.75) is 39.0 Å². The Bertz CT molecular complexity index is 246. The molecule has 0 unspecified atom stereocenters. The molecule has 14 heavy (non-hydrogen) atoms. The summed E-state index contributed by atoms with van der Waals surface area (Å²) in [7, 11) is 0. The van der Waals surface area contributed by atoms with Crippen LogP contribution >= 0.6 is 0 Å². The maximum Gasteiger partial charge on any atom is 0.232 e. The van der Waals surface area contributed by atoms with Gasteiger partial charge in [0, 0.05) is 19.4 Å². The highest BCUT2D eigenvalue weighted by Crippen LogP contribution is 2.12. The van der Waals surface area contributed by atoms with Crippen LogP contribution in [0.4, 0.5) is 0 Å². The van der Waals surface area contributed by atoms with E-state index in [1.54, 1.807) is 6.08 Å². The van der Waals surface area contributed by atoms with Gasteiger partial charge in [0.05, 0.1) is 0 Å². The summed E-state index contributed by atoms with van der Waals surface area (Å²) in [4.78, 5) is 24.5. The third kappa shape index (κ3) is 2.98. The maximum atomic E-state index is 11.6. The van der Waals surface area contributed by atoms with E-state index in [9.17, 15) is 9.59 Å². The van der Waals surface area contributed by atoms with Crippen LogP contribution in [0, 0.1) is 0 Å². The second-order valence-corrected chi connectivity index (χ2v) is 3.52. The van der Waals surface area contributed by atoms with E-state index in [4.69, 9.17) is 0 Å². The van der Waals surface area contributed by atoms with E-state index in [1.807, 2.05) is 13.0 Å². The van der Waals surface area contributed by atoms with Crippen LogP contribution in [-0.2, 0) is 9.59 Å². The molecule has 0 aromatic carbocycles. The van der Waals surface area contributed by atoms with Gasteiger partial charge in [0.25, 0.3) is 0 Å². The van der Waals surface area contributed by atoms with Gasteiger partial charge in [0.1, 0.15) is 0 Å². The number of carbonyl (C=O) groups excluding carboxylic acids is 2. The molecule has 1 aliphatic rings. The van der Waals surface area contributed by atoms with E-state index >= 15 is 0 Å². The predicted molar refractivity (Wildman–Crippen MR) is 54.6 cm³/mol. The SMILES string of the molecule is C/C=C/CC(=O)N1CCCCCC1=O. The molecule has 0 atom stereocenters.